The number of hydrogen-bond acceptors (Lipinski definition) is 7. The average molecular weight is 407 g/mol. The number of benzene rings is 1. The highest BCUT2D eigenvalue weighted by molar-refractivity contribution is 5.79. The second kappa shape index (κ2) is 7.52. The number of hydrogen-bond donors (Lipinski definition) is 1. The maximum Gasteiger partial charge on any atom is 0.224 e. The van der Waals surface area contributed by atoms with E-state index < -0.39 is 36.1 Å². The van der Waals surface area contributed by atoms with Crippen LogP contribution in [-0.2, 0) is 34.9 Å². The molecule has 3 aliphatic rings. The van der Waals surface area contributed by atoms with E-state index in [2.05, 4.69) is 5.32 Å². The Morgan fingerprint density at radius 2 is 1.86 bits per heavy atom. The normalized spacial score (nSPS) is 34.7. The Morgan fingerprint density at radius 3 is 2.55 bits per heavy atom. The molecule has 160 valence electrons. The molecule has 8 heteroatoms. The summed E-state index contributed by atoms with van der Waals surface area (Å²) in [6.07, 6.45) is -1.59. The third kappa shape index (κ3) is 4.27. The van der Waals surface area contributed by atoms with E-state index in [-0.39, 0.29) is 18.4 Å². The van der Waals surface area contributed by atoms with Gasteiger partial charge in [0.2, 0.25) is 5.91 Å². The van der Waals surface area contributed by atoms with E-state index in [0.717, 1.165) is 5.56 Å². The van der Waals surface area contributed by atoms with Gasteiger partial charge in [-0.25, -0.2) is 0 Å². The zero-order valence-corrected chi connectivity index (χ0v) is 17.5. The minimum Gasteiger partial charge on any atom is -0.496 e. The van der Waals surface area contributed by atoms with Crippen LogP contribution in [0, 0.1) is 0 Å². The first-order chi connectivity index (χ1) is 13.7. The highest BCUT2D eigenvalue weighted by Crippen LogP contribution is 2.40. The number of methoxy groups -OCH3 is 1. The van der Waals surface area contributed by atoms with E-state index in [4.69, 9.17) is 28.4 Å². The number of amides is 1. The molecule has 3 fully saturated rings. The number of carbonyl (C=O) groups is 1. The smallest absolute Gasteiger partial charge is 0.224 e. The molecule has 4 rings (SSSR count). The lowest BCUT2D eigenvalue weighted by molar-refractivity contribution is -0.223. The first-order valence-corrected chi connectivity index (χ1v) is 9.91. The molecule has 0 saturated carbocycles. The van der Waals surface area contributed by atoms with Crippen molar-refractivity contribution in [1.82, 2.24) is 5.32 Å². The summed E-state index contributed by atoms with van der Waals surface area (Å²) >= 11 is 0. The van der Waals surface area contributed by atoms with E-state index in [9.17, 15) is 4.79 Å². The van der Waals surface area contributed by atoms with Crippen LogP contribution in [0.4, 0.5) is 0 Å². The SMILES string of the molecule is COc1ccccc1CC(=O)N[C@H]1[C@H]2OC(C)(C)O[C@H]2O[C@@H]1C1COC(C)(C)O1. The van der Waals surface area contributed by atoms with Crippen LogP contribution in [0.2, 0.25) is 0 Å². The van der Waals surface area contributed by atoms with Crippen LogP contribution < -0.4 is 10.1 Å². The molecule has 1 unspecified atom stereocenters. The molecule has 0 aliphatic carbocycles. The lowest BCUT2D eigenvalue weighted by Gasteiger charge is -2.29. The van der Waals surface area contributed by atoms with Crippen molar-refractivity contribution < 1.29 is 33.2 Å². The molecule has 1 aromatic rings. The lowest BCUT2D eigenvalue weighted by atomic mass is 10.0. The van der Waals surface area contributed by atoms with Crippen molar-refractivity contribution in [3.63, 3.8) is 0 Å². The Hall–Kier alpha value is -1.71. The van der Waals surface area contributed by atoms with Gasteiger partial charge >= 0.3 is 0 Å². The van der Waals surface area contributed by atoms with Gasteiger partial charge in [-0.15, -0.1) is 0 Å². The van der Waals surface area contributed by atoms with Crippen molar-refractivity contribution in [1.29, 1.82) is 0 Å². The van der Waals surface area contributed by atoms with E-state index in [1.807, 2.05) is 52.0 Å². The Bertz CT molecular complexity index is 765. The molecule has 5 atom stereocenters. The minimum absolute atomic E-state index is 0.153. The summed E-state index contributed by atoms with van der Waals surface area (Å²) in [4.78, 5) is 12.9. The van der Waals surface area contributed by atoms with Gasteiger partial charge in [0.05, 0.1) is 26.2 Å². The number of rotatable bonds is 5. The molecule has 1 N–H and O–H groups in total. The summed E-state index contributed by atoms with van der Waals surface area (Å²) in [5, 5.41) is 3.08. The van der Waals surface area contributed by atoms with Crippen molar-refractivity contribution in [2.45, 2.75) is 76.3 Å². The number of nitrogens with one attached hydrogen (secondary N) is 1. The van der Waals surface area contributed by atoms with Gasteiger partial charge in [-0.2, -0.15) is 0 Å². The highest BCUT2D eigenvalue weighted by Gasteiger charge is 2.58. The first kappa shape index (κ1) is 20.6. The summed E-state index contributed by atoms with van der Waals surface area (Å²) in [6, 6.07) is 7.04. The monoisotopic (exact) mass is 407 g/mol. The maximum absolute atomic E-state index is 12.9. The van der Waals surface area contributed by atoms with E-state index in [0.29, 0.717) is 12.4 Å². The zero-order valence-electron chi connectivity index (χ0n) is 17.5. The molecule has 3 saturated heterocycles. The molecular formula is C21H29NO7. The molecule has 1 amide bonds. The van der Waals surface area contributed by atoms with Crippen molar-refractivity contribution in [3.8, 4) is 5.75 Å². The highest BCUT2D eigenvalue weighted by atomic mass is 16.8. The van der Waals surface area contributed by atoms with Crippen LogP contribution >= 0.6 is 0 Å². The quantitative estimate of drug-likeness (QED) is 0.796. The lowest BCUT2D eigenvalue weighted by Crippen LogP contribution is -2.53. The van der Waals surface area contributed by atoms with Gasteiger partial charge in [0.1, 0.15) is 24.1 Å². The van der Waals surface area contributed by atoms with Crippen LogP contribution in [-0.4, -0.2) is 61.8 Å². The second-order valence-corrected chi connectivity index (χ2v) is 8.52. The van der Waals surface area contributed by atoms with Crippen molar-refractivity contribution in [2.75, 3.05) is 13.7 Å². The molecule has 3 heterocycles. The predicted octanol–water partition coefficient (Wildman–Crippen LogP) is 1.75. The molecule has 29 heavy (non-hydrogen) atoms. The predicted molar refractivity (Wildman–Crippen MR) is 102 cm³/mol. The number of ether oxygens (including phenoxy) is 6. The third-order valence-corrected chi connectivity index (χ3v) is 5.36. The molecule has 0 bridgehead atoms. The van der Waals surface area contributed by atoms with Crippen molar-refractivity contribution >= 4 is 5.91 Å². The topological polar surface area (TPSA) is 84.5 Å². The van der Waals surface area contributed by atoms with Gasteiger partial charge in [0.15, 0.2) is 17.9 Å². The summed E-state index contributed by atoms with van der Waals surface area (Å²) in [5.41, 5.74) is 0.810. The number of carbonyl (C=O) groups excluding carboxylic acids is 1. The summed E-state index contributed by atoms with van der Waals surface area (Å²) in [7, 11) is 1.59. The number of para-hydroxylation sites is 1. The molecule has 8 nitrogen and oxygen atoms in total. The van der Waals surface area contributed by atoms with Gasteiger partial charge in [-0.1, -0.05) is 18.2 Å². The molecule has 0 spiro atoms. The first-order valence-electron chi connectivity index (χ1n) is 9.91. The second-order valence-electron chi connectivity index (χ2n) is 8.52. The van der Waals surface area contributed by atoms with Gasteiger partial charge in [-0.05, 0) is 33.8 Å². The molecular weight excluding hydrogens is 378 g/mol. The van der Waals surface area contributed by atoms with E-state index in [1.54, 1.807) is 7.11 Å². The van der Waals surface area contributed by atoms with Gasteiger partial charge in [0, 0.05) is 5.56 Å². The minimum atomic E-state index is -0.780. The summed E-state index contributed by atoms with van der Waals surface area (Å²) < 4.78 is 35.1. The summed E-state index contributed by atoms with van der Waals surface area (Å²) in [5.74, 6) is -0.951. The maximum atomic E-state index is 12.9. The Balaban J connectivity index is 1.50. The van der Waals surface area contributed by atoms with Crippen LogP contribution in [0.3, 0.4) is 0 Å². The zero-order chi connectivity index (χ0) is 20.8. The third-order valence-electron chi connectivity index (χ3n) is 5.36. The number of fused-ring (bicyclic) bond motifs is 1. The van der Waals surface area contributed by atoms with Gasteiger partial charge < -0.3 is 33.7 Å². The van der Waals surface area contributed by atoms with E-state index >= 15 is 0 Å². The molecule has 0 aromatic heterocycles. The largest absolute Gasteiger partial charge is 0.496 e. The Labute approximate surface area is 170 Å². The van der Waals surface area contributed by atoms with Gasteiger partial charge in [-0.3, -0.25) is 4.79 Å². The van der Waals surface area contributed by atoms with Crippen molar-refractivity contribution in [3.05, 3.63) is 29.8 Å². The Morgan fingerprint density at radius 1 is 1.10 bits per heavy atom. The van der Waals surface area contributed by atoms with Crippen LogP contribution in [0.1, 0.15) is 33.3 Å². The van der Waals surface area contributed by atoms with Crippen molar-refractivity contribution in [2.24, 2.45) is 0 Å². The average Bonchev–Trinajstić information content (AvgIpc) is 3.25. The fourth-order valence-corrected chi connectivity index (χ4v) is 4.15. The van der Waals surface area contributed by atoms with Gasteiger partial charge in [0.25, 0.3) is 0 Å². The Kier molecular flexibility index (Phi) is 5.33. The molecule has 0 radical (unpaired) electrons. The fraction of sp³-hybridized carbons (Fsp3) is 0.667. The summed E-state index contributed by atoms with van der Waals surface area (Å²) in [6.45, 7) is 7.74. The standard InChI is InChI=1S/C21H29NO7/c1-20(2)25-11-14(27-20)17-16(18-19(26-17)29-21(3,4)28-18)22-15(23)10-12-8-6-7-9-13(12)24-5/h6-9,14,16-19H,10-11H2,1-5H3,(H,22,23)/t14?,16-,17-,18-,19-/m1/s1. The van der Waals surface area contributed by atoms with Crippen LogP contribution in [0.15, 0.2) is 24.3 Å². The molecule has 1 aromatic carbocycles. The van der Waals surface area contributed by atoms with Crippen LogP contribution in [0.25, 0.3) is 0 Å². The molecule has 3 aliphatic heterocycles. The fourth-order valence-electron chi connectivity index (χ4n) is 4.15. The van der Waals surface area contributed by atoms with E-state index in [1.165, 1.54) is 0 Å². The van der Waals surface area contributed by atoms with Crippen LogP contribution in [0.5, 0.6) is 5.75 Å².